The van der Waals surface area contributed by atoms with Crippen LogP contribution in [0, 0.1) is 0 Å². The van der Waals surface area contributed by atoms with Gasteiger partial charge in [-0.05, 0) is 27.2 Å². The van der Waals surface area contributed by atoms with Gasteiger partial charge in [-0.1, -0.05) is 29.8 Å². The number of carbonyl (C=O) groups is 1. The maximum atomic E-state index is 11.0. The predicted octanol–water partition coefficient (Wildman–Crippen LogP) is 3.91. The van der Waals surface area contributed by atoms with Gasteiger partial charge < -0.3 is 10.1 Å². The lowest BCUT2D eigenvalue weighted by Crippen LogP contribution is -2.33. The molecule has 16 heavy (non-hydrogen) atoms. The lowest BCUT2D eigenvalue weighted by Gasteiger charge is -2.19. The minimum Gasteiger partial charge on any atom is -0.444 e. The molecule has 0 saturated carbocycles. The van der Waals surface area contributed by atoms with Gasteiger partial charge >= 0.3 is 6.09 Å². The van der Waals surface area contributed by atoms with Crippen LogP contribution in [0.15, 0.2) is 0 Å². The number of hydrogen-bond donors (Lipinski definition) is 1. The number of carbonyl (C=O) groups excluding carboxylic acids is 1. The zero-order chi connectivity index (χ0) is 13.6. The summed E-state index contributed by atoms with van der Waals surface area (Å²) in [6, 6.07) is 0. The van der Waals surface area contributed by atoms with Crippen molar-refractivity contribution in [3.05, 3.63) is 0 Å². The average molecular weight is 302 g/mol. The van der Waals surface area contributed by atoms with Crippen LogP contribution in [0.4, 0.5) is 9.18 Å². The van der Waals surface area contributed by atoms with E-state index >= 15 is 0 Å². The van der Waals surface area contributed by atoms with Crippen LogP contribution in [0.5, 0.6) is 0 Å². The van der Waals surface area contributed by atoms with Crippen LogP contribution in [-0.2, 0) is 4.74 Å². The topological polar surface area (TPSA) is 38.3 Å². The zero-order valence-electron chi connectivity index (χ0n) is 11.2. The Balaban J connectivity index is -0.000000376. The van der Waals surface area contributed by atoms with Gasteiger partial charge in [0.1, 0.15) is 5.60 Å². The molecule has 0 saturated heterocycles. The van der Waals surface area contributed by atoms with E-state index in [9.17, 15) is 9.18 Å². The highest BCUT2D eigenvalue weighted by Gasteiger charge is 2.14. The Morgan fingerprint density at radius 2 is 1.75 bits per heavy atom. The van der Waals surface area contributed by atoms with Crippen molar-refractivity contribution >= 4 is 22.0 Å². The van der Waals surface area contributed by atoms with E-state index in [4.69, 9.17) is 4.74 Å². The highest BCUT2D eigenvalue weighted by atomic mass is 79.9. The van der Waals surface area contributed by atoms with E-state index in [0.717, 1.165) is 11.8 Å². The fraction of sp³-hybridized carbons (Fsp3) is 0.909. The van der Waals surface area contributed by atoms with Crippen LogP contribution in [0.1, 0.15) is 41.0 Å². The average Bonchev–Trinajstić information content (AvgIpc) is 2.21. The van der Waals surface area contributed by atoms with Crippen LogP contribution in [0.3, 0.4) is 0 Å². The zero-order valence-corrected chi connectivity index (χ0v) is 12.8. The Morgan fingerprint density at radius 1 is 1.31 bits per heavy atom. The number of ether oxygens (including phenoxy) is 1. The van der Waals surface area contributed by atoms with Crippen LogP contribution < -0.4 is 5.32 Å². The van der Waals surface area contributed by atoms with Gasteiger partial charge in [0, 0.05) is 11.9 Å². The third kappa shape index (κ3) is 23.5. The van der Waals surface area contributed by atoms with Crippen LogP contribution in [0.2, 0.25) is 0 Å². The largest absolute Gasteiger partial charge is 0.444 e. The molecule has 100 valence electrons. The summed E-state index contributed by atoms with van der Waals surface area (Å²) in [7, 11) is 0.500. The van der Waals surface area contributed by atoms with Crippen molar-refractivity contribution in [1.29, 1.82) is 0 Å². The Kier molecular flexibility index (Phi) is 19.3. The highest BCUT2D eigenvalue weighted by molar-refractivity contribution is 9.09. The molecule has 1 amide bonds. The molecule has 0 bridgehead atoms. The SMILES string of the molecule is CC.CC(C)(C)OC(=O)NCCCBr.CF. The van der Waals surface area contributed by atoms with Gasteiger partial charge in [-0.3, -0.25) is 4.39 Å². The first-order chi connectivity index (χ1) is 7.45. The molecule has 0 spiro atoms. The second-order valence-electron chi connectivity index (χ2n) is 3.47. The van der Waals surface area contributed by atoms with E-state index in [1.54, 1.807) is 0 Å². The van der Waals surface area contributed by atoms with E-state index in [-0.39, 0.29) is 6.09 Å². The molecule has 0 aromatic carbocycles. The number of hydrogen-bond acceptors (Lipinski definition) is 2. The third-order valence-corrected chi connectivity index (χ3v) is 1.54. The molecule has 0 atom stereocenters. The number of rotatable bonds is 3. The summed E-state index contributed by atoms with van der Waals surface area (Å²) >= 11 is 3.27. The van der Waals surface area contributed by atoms with E-state index in [1.165, 1.54) is 0 Å². The first kappa shape index (κ1) is 21.0. The molecule has 1 N–H and O–H groups in total. The minimum atomic E-state index is -0.404. The van der Waals surface area contributed by atoms with Crippen molar-refractivity contribution in [2.24, 2.45) is 0 Å². The minimum absolute atomic E-state index is 0.344. The Morgan fingerprint density at radius 3 is 2.06 bits per heavy atom. The molecule has 0 aromatic rings. The van der Waals surface area contributed by atoms with E-state index in [1.807, 2.05) is 34.6 Å². The first-order valence-corrected chi connectivity index (χ1v) is 6.48. The molecule has 0 radical (unpaired) electrons. The van der Waals surface area contributed by atoms with E-state index in [2.05, 4.69) is 21.2 Å². The molecule has 0 fully saturated rings. The van der Waals surface area contributed by atoms with Gasteiger partial charge in [0.05, 0.1) is 7.18 Å². The summed E-state index contributed by atoms with van der Waals surface area (Å²) in [5.74, 6) is 0. The van der Waals surface area contributed by atoms with Gasteiger partial charge in [-0.2, -0.15) is 0 Å². The van der Waals surface area contributed by atoms with E-state index in [0.29, 0.717) is 13.7 Å². The summed E-state index contributed by atoms with van der Waals surface area (Å²) in [4.78, 5) is 11.0. The molecule has 0 rings (SSSR count). The number of alkyl halides is 2. The Hall–Kier alpha value is -0.320. The number of nitrogens with one attached hydrogen (secondary N) is 1. The predicted molar refractivity (Wildman–Crippen MR) is 71.0 cm³/mol. The lowest BCUT2D eigenvalue weighted by atomic mass is 10.2. The third-order valence-electron chi connectivity index (χ3n) is 0.979. The van der Waals surface area contributed by atoms with Crippen molar-refractivity contribution in [2.45, 2.75) is 46.6 Å². The van der Waals surface area contributed by atoms with Crippen molar-refractivity contribution in [3.8, 4) is 0 Å². The fourth-order valence-electron chi connectivity index (χ4n) is 0.571. The second kappa shape index (κ2) is 14.7. The number of alkyl carbamates (subject to hydrolysis) is 1. The van der Waals surface area contributed by atoms with Crippen LogP contribution >= 0.6 is 15.9 Å². The van der Waals surface area contributed by atoms with Crippen molar-refractivity contribution in [1.82, 2.24) is 5.32 Å². The highest BCUT2D eigenvalue weighted by Crippen LogP contribution is 2.06. The summed E-state index contributed by atoms with van der Waals surface area (Å²) < 4.78 is 14.5. The summed E-state index contributed by atoms with van der Waals surface area (Å²) in [6.07, 6.45) is 0.572. The number of halogens is 2. The molecule has 5 heteroatoms. The molecular weight excluding hydrogens is 277 g/mol. The summed E-state index contributed by atoms with van der Waals surface area (Å²) in [5, 5.41) is 3.54. The van der Waals surface area contributed by atoms with Crippen LogP contribution in [0.25, 0.3) is 0 Å². The summed E-state index contributed by atoms with van der Waals surface area (Å²) in [6.45, 7) is 10.2. The molecule has 0 aromatic heterocycles. The lowest BCUT2D eigenvalue weighted by molar-refractivity contribution is 0.0528. The van der Waals surface area contributed by atoms with Gasteiger partial charge in [-0.15, -0.1) is 0 Å². The number of amides is 1. The monoisotopic (exact) mass is 301 g/mol. The van der Waals surface area contributed by atoms with Gasteiger partial charge in [0.2, 0.25) is 0 Å². The van der Waals surface area contributed by atoms with E-state index < -0.39 is 5.60 Å². The Labute approximate surface area is 107 Å². The standard InChI is InChI=1S/C8H16BrNO2.C2H6.CH3F/c1-8(2,3)12-7(11)10-6-4-5-9;2*1-2/h4-6H2,1-3H3,(H,10,11);1-2H3;1H3. The van der Waals surface area contributed by atoms with Crippen molar-refractivity contribution < 1.29 is 13.9 Å². The molecule has 3 nitrogen and oxygen atoms in total. The maximum Gasteiger partial charge on any atom is 0.407 e. The van der Waals surface area contributed by atoms with Gasteiger partial charge in [-0.25, -0.2) is 4.79 Å². The summed E-state index contributed by atoms with van der Waals surface area (Å²) in [5.41, 5.74) is -0.404. The van der Waals surface area contributed by atoms with Gasteiger partial charge in [0.25, 0.3) is 0 Å². The molecule has 0 heterocycles. The molecule has 0 unspecified atom stereocenters. The molecule has 0 aliphatic heterocycles. The van der Waals surface area contributed by atoms with Crippen LogP contribution in [-0.4, -0.2) is 30.7 Å². The molecular formula is C11H25BrFNO2. The normalized spacial score (nSPS) is 9.00. The molecule has 0 aliphatic rings. The van der Waals surface area contributed by atoms with Gasteiger partial charge in [0.15, 0.2) is 0 Å². The maximum absolute atomic E-state index is 11.0. The Bertz CT molecular complexity index is 149. The smallest absolute Gasteiger partial charge is 0.407 e. The molecule has 0 aliphatic carbocycles. The fourth-order valence-corrected chi connectivity index (χ4v) is 0.852. The van der Waals surface area contributed by atoms with Crippen molar-refractivity contribution in [3.63, 3.8) is 0 Å². The quantitative estimate of drug-likeness (QED) is 0.634. The first-order valence-electron chi connectivity index (χ1n) is 5.36. The van der Waals surface area contributed by atoms with Crippen molar-refractivity contribution in [2.75, 3.05) is 19.1 Å². The second-order valence-corrected chi connectivity index (χ2v) is 4.26.